The molecule has 1 fully saturated rings. The Bertz CT molecular complexity index is 1680. The molecule has 0 aliphatic carbocycles. The lowest BCUT2D eigenvalue weighted by atomic mass is 10.0. The number of piperidine rings is 1. The van der Waals surface area contributed by atoms with Crippen LogP contribution in [0.4, 0.5) is 21.0 Å². The maximum Gasteiger partial charge on any atom is 0.411 e. The quantitative estimate of drug-likeness (QED) is 0.0588. The van der Waals surface area contributed by atoms with Crippen LogP contribution in [-0.4, -0.2) is 105 Å². The van der Waals surface area contributed by atoms with Gasteiger partial charge in [-0.25, -0.2) is 9.59 Å². The number of alkyl carbamates (subject to hydrolysis) is 1. The van der Waals surface area contributed by atoms with Crippen LogP contribution in [0.25, 0.3) is 0 Å². The van der Waals surface area contributed by atoms with Gasteiger partial charge >= 0.3 is 18.2 Å². The van der Waals surface area contributed by atoms with Crippen molar-refractivity contribution in [1.82, 2.24) is 15.5 Å². The van der Waals surface area contributed by atoms with E-state index >= 15 is 0 Å². The SMILES string of the molecule is C=CCOC(=O)NC(C(=O)NC(C)C(=O)Nc1ccc(COC(=O)Nc2cc(OCCCC(=O)OC)c(OC)cc2C(=O)N2CCCCC2CO)cc1)C(C)C. The Labute approximate surface area is 326 Å². The molecule has 5 amide bonds. The Kier molecular flexibility index (Phi) is 17.9. The van der Waals surface area contributed by atoms with Crippen LogP contribution in [0.1, 0.15) is 68.8 Å². The van der Waals surface area contributed by atoms with Crippen molar-refractivity contribution in [3.05, 3.63) is 60.2 Å². The number of hydrogen-bond acceptors (Lipinski definition) is 12. The molecule has 1 aliphatic heterocycles. The highest BCUT2D eigenvalue weighted by Gasteiger charge is 2.31. The lowest BCUT2D eigenvalue weighted by molar-refractivity contribution is -0.140. The normalized spacial score (nSPS) is 14.7. The van der Waals surface area contributed by atoms with Crippen LogP contribution in [0.2, 0.25) is 0 Å². The maximum atomic E-state index is 13.8. The largest absolute Gasteiger partial charge is 0.493 e. The third-order valence-corrected chi connectivity index (χ3v) is 8.78. The highest BCUT2D eigenvalue weighted by molar-refractivity contribution is 6.04. The monoisotopic (exact) mass is 783 g/mol. The third kappa shape index (κ3) is 13.5. The van der Waals surface area contributed by atoms with Crippen molar-refractivity contribution in [1.29, 1.82) is 0 Å². The van der Waals surface area contributed by atoms with Gasteiger partial charge < -0.3 is 49.6 Å². The number of ether oxygens (including phenoxy) is 5. The fraction of sp³-hybridized carbons (Fsp3) is 0.487. The van der Waals surface area contributed by atoms with Crippen LogP contribution in [0.3, 0.4) is 0 Å². The van der Waals surface area contributed by atoms with E-state index in [9.17, 15) is 33.9 Å². The summed E-state index contributed by atoms with van der Waals surface area (Å²) in [5, 5.41) is 20.4. The van der Waals surface area contributed by atoms with Gasteiger partial charge in [0.05, 0.1) is 44.7 Å². The van der Waals surface area contributed by atoms with Gasteiger partial charge in [0.1, 0.15) is 25.3 Å². The predicted molar refractivity (Wildman–Crippen MR) is 205 cm³/mol. The van der Waals surface area contributed by atoms with Gasteiger partial charge in [-0.3, -0.25) is 24.5 Å². The second-order valence-electron chi connectivity index (χ2n) is 13.3. The van der Waals surface area contributed by atoms with Gasteiger partial charge in [-0.2, -0.15) is 0 Å². The minimum Gasteiger partial charge on any atom is -0.493 e. The molecule has 56 heavy (non-hydrogen) atoms. The maximum absolute atomic E-state index is 13.8. The number of methoxy groups -OCH3 is 2. The number of aliphatic hydroxyl groups is 1. The van der Waals surface area contributed by atoms with Crippen LogP contribution in [-0.2, 0) is 35.2 Å². The summed E-state index contributed by atoms with van der Waals surface area (Å²) in [6, 6.07) is 7.08. The van der Waals surface area contributed by atoms with Crippen LogP contribution in [0.5, 0.6) is 11.5 Å². The van der Waals surface area contributed by atoms with E-state index < -0.39 is 48.0 Å². The Morgan fingerprint density at radius 1 is 0.929 bits per heavy atom. The Hall–Kier alpha value is -5.84. The van der Waals surface area contributed by atoms with Crippen molar-refractivity contribution in [3.8, 4) is 11.5 Å². The molecule has 0 bridgehead atoms. The van der Waals surface area contributed by atoms with Gasteiger partial charge in [0.2, 0.25) is 11.8 Å². The minimum atomic E-state index is -0.952. The highest BCUT2D eigenvalue weighted by atomic mass is 16.6. The molecule has 5 N–H and O–H groups in total. The molecular weight excluding hydrogens is 730 g/mol. The summed E-state index contributed by atoms with van der Waals surface area (Å²) in [5.74, 6) is -1.72. The molecule has 2 aromatic carbocycles. The molecule has 0 spiro atoms. The molecule has 3 rings (SSSR count). The van der Waals surface area contributed by atoms with Crippen molar-refractivity contribution in [2.75, 3.05) is 51.2 Å². The lowest BCUT2D eigenvalue weighted by Crippen LogP contribution is -2.53. The Morgan fingerprint density at radius 2 is 1.66 bits per heavy atom. The summed E-state index contributed by atoms with van der Waals surface area (Å²) in [6.45, 7) is 8.61. The fourth-order valence-corrected chi connectivity index (χ4v) is 5.66. The molecular formula is C39H53N5O12. The first-order valence-corrected chi connectivity index (χ1v) is 18.3. The predicted octanol–water partition coefficient (Wildman–Crippen LogP) is 4.14. The van der Waals surface area contributed by atoms with Crippen molar-refractivity contribution >= 4 is 47.3 Å². The first-order chi connectivity index (χ1) is 26.8. The molecule has 3 atom stereocenters. The summed E-state index contributed by atoms with van der Waals surface area (Å²) in [7, 11) is 2.70. The number of rotatable bonds is 19. The van der Waals surface area contributed by atoms with Gasteiger partial charge in [0.15, 0.2) is 11.5 Å². The standard InChI is InChI=1S/C39H53N5O12/c1-7-18-55-39(51)43-34(24(2)3)36(48)40-25(4)35(47)41-27-15-13-26(14-16-27)23-56-38(50)42-30-21-32(54-19-10-12-33(46)53-6)31(52-5)20-29(30)37(49)44-17-9-8-11-28(44)22-45/h7,13-16,20-21,24-25,28,34,45H,1,8-12,17-19,22-23H2,2-6H3,(H,40,48)(H,41,47)(H,42,50)(H,43,51). The number of amides is 5. The molecule has 1 saturated heterocycles. The van der Waals surface area contributed by atoms with Gasteiger partial charge in [-0.15, -0.1) is 0 Å². The van der Waals surface area contributed by atoms with Crippen LogP contribution < -0.4 is 30.7 Å². The smallest absolute Gasteiger partial charge is 0.411 e. The number of aliphatic hydroxyl groups excluding tert-OH is 1. The van der Waals surface area contributed by atoms with E-state index in [1.165, 1.54) is 39.4 Å². The summed E-state index contributed by atoms with van der Waals surface area (Å²) >= 11 is 0. The van der Waals surface area contributed by atoms with Crippen LogP contribution in [0.15, 0.2) is 49.1 Å². The number of carbonyl (C=O) groups excluding carboxylic acids is 6. The number of nitrogens with one attached hydrogen (secondary N) is 4. The summed E-state index contributed by atoms with van der Waals surface area (Å²) < 4.78 is 26.4. The van der Waals surface area contributed by atoms with E-state index in [1.807, 2.05) is 0 Å². The average Bonchev–Trinajstić information content (AvgIpc) is 3.19. The van der Waals surface area contributed by atoms with Gasteiger partial charge in [-0.05, 0) is 62.3 Å². The molecule has 17 heteroatoms. The summed E-state index contributed by atoms with van der Waals surface area (Å²) in [5.41, 5.74) is 1.19. The van der Waals surface area contributed by atoms with Crippen molar-refractivity contribution in [3.63, 3.8) is 0 Å². The zero-order chi connectivity index (χ0) is 41.2. The molecule has 17 nitrogen and oxygen atoms in total. The number of nitrogens with zero attached hydrogens (tertiary/aromatic N) is 1. The van der Waals surface area contributed by atoms with Gasteiger partial charge in [0.25, 0.3) is 5.91 Å². The molecule has 0 aromatic heterocycles. The highest BCUT2D eigenvalue weighted by Crippen LogP contribution is 2.35. The lowest BCUT2D eigenvalue weighted by Gasteiger charge is -2.35. The fourth-order valence-electron chi connectivity index (χ4n) is 5.66. The number of esters is 1. The first-order valence-electron chi connectivity index (χ1n) is 18.3. The second kappa shape index (κ2) is 22.5. The zero-order valence-electron chi connectivity index (χ0n) is 32.5. The number of hydrogen-bond donors (Lipinski definition) is 5. The Balaban J connectivity index is 1.66. The van der Waals surface area contributed by atoms with Gasteiger partial charge in [0, 0.05) is 24.7 Å². The van der Waals surface area contributed by atoms with Crippen LogP contribution in [0, 0.1) is 5.92 Å². The van der Waals surface area contributed by atoms with Crippen molar-refractivity contribution in [2.45, 2.75) is 77.6 Å². The van der Waals surface area contributed by atoms with Crippen LogP contribution >= 0.6 is 0 Å². The topological polar surface area (TPSA) is 220 Å². The number of carbonyl (C=O) groups is 6. The zero-order valence-corrected chi connectivity index (χ0v) is 32.5. The first kappa shape index (κ1) is 44.6. The van der Waals surface area contributed by atoms with E-state index in [0.717, 1.165) is 12.8 Å². The molecule has 1 heterocycles. The second-order valence-corrected chi connectivity index (χ2v) is 13.3. The number of likely N-dealkylation sites (tertiary alicyclic amines) is 1. The number of anilines is 2. The van der Waals surface area contributed by atoms with Crippen molar-refractivity contribution in [2.24, 2.45) is 5.92 Å². The van der Waals surface area contributed by atoms with E-state index in [-0.39, 0.29) is 67.6 Å². The average molecular weight is 784 g/mol. The van der Waals surface area contributed by atoms with E-state index in [4.69, 9.17) is 18.9 Å². The molecule has 2 aromatic rings. The Morgan fingerprint density at radius 3 is 2.30 bits per heavy atom. The molecule has 1 aliphatic rings. The third-order valence-electron chi connectivity index (χ3n) is 8.78. The molecule has 0 saturated carbocycles. The molecule has 3 unspecified atom stereocenters. The van der Waals surface area contributed by atoms with E-state index in [0.29, 0.717) is 30.6 Å². The van der Waals surface area contributed by atoms with Crippen molar-refractivity contribution < 1.29 is 57.6 Å². The minimum absolute atomic E-state index is 0.0206. The number of benzene rings is 2. The summed E-state index contributed by atoms with van der Waals surface area (Å²) in [4.78, 5) is 77.7. The van der Waals surface area contributed by atoms with E-state index in [1.54, 1.807) is 43.0 Å². The van der Waals surface area contributed by atoms with E-state index in [2.05, 4.69) is 32.6 Å². The van der Waals surface area contributed by atoms with Gasteiger partial charge in [-0.1, -0.05) is 38.6 Å². The molecule has 306 valence electrons. The summed E-state index contributed by atoms with van der Waals surface area (Å²) in [6.07, 6.45) is 2.48. The molecule has 0 radical (unpaired) electrons.